The van der Waals surface area contributed by atoms with Crippen molar-refractivity contribution in [3.05, 3.63) is 65.1 Å². The number of nitrogens with zero attached hydrogens (tertiary/aromatic N) is 1. The first-order chi connectivity index (χ1) is 24.3. The van der Waals surface area contributed by atoms with Gasteiger partial charge in [-0.05, 0) is 49.9 Å². The van der Waals surface area contributed by atoms with Crippen molar-refractivity contribution in [2.75, 3.05) is 19.7 Å². The van der Waals surface area contributed by atoms with Gasteiger partial charge in [-0.25, -0.2) is 0 Å². The molecule has 5 unspecified atom stereocenters. The van der Waals surface area contributed by atoms with Gasteiger partial charge < -0.3 is 29.7 Å². The summed E-state index contributed by atoms with van der Waals surface area (Å²) in [5, 5.41) is 29.8. The van der Waals surface area contributed by atoms with Gasteiger partial charge in [0.15, 0.2) is 5.78 Å². The molecule has 1 aliphatic rings. The fraction of sp³-hybridized carbons (Fsp3) is 0.605. The monoisotopic (exact) mass is 657 g/mol. The molecule has 0 aromatic heterocycles. The maximum atomic E-state index is 13.0. The minimum Gasteiger partial charge on any atom is -0.465 e. The van der Waals surface area contributed by atoms with Crippen LogP contribution < -0.4 is 4.74 Å². The van der Waals surface area contributed by atoms with Crippen LogP contribution in [0.1, 0.15) is 111 Å². The smallest absolute Gasteiger partial charge is 0.222 e. The molecular weight excluding hydrogens is 598 g/mol. The molecule has 1 aliphatic heterocycles. The van der Waals surface area contributed by atoms with Crippen molar-refractivity contribution in [1.82, 2.24) is 4.90 Å². The zero-order valence-electron chi connectivity index (χ0n) is 32.1. The van der Waals surface area contributed by atoms with E-state index in [0.717, 1.165) is 50.5 Å². The van der Waals surface area contributed by atoms with Crippen LogP contribution in [0.3, 0.4) is 0 Å². The van der Waals surface area contributed by atoms with Crippen LogP contribution >= 0.6 is 0 Å². The van der Waals surface area contributed by atoms with Gasteiger partial charge in [0.2, 0.25) is 12.2 Å². The lowest BCUT2D eigenvalue weighted by Crippen LogP contribution is -2.56. The molecule has 0 saturated carbocycles. The fourth-order valence-electron chi connectivity index (χ4n) is 5.62. The molecule has 0 aliphatic carbocycles. The Morgan fingerprint density at radius 3 is 2.34 bits per heavy atom. The molecule has 1 fully saturated rings. The first kappa shape index (κ1) is 32.4. The molecule has 47 heavy (non-hydrogen) atoms. The molecule has 1 heterocycles. The van der Waals surface area contributed by atoms with Crippen LogP contribution in [0.5, 0.6) is 5.75 Å². The Balaban J connectivity index is 1.44. The Bertz CT molecular complexity index is 1430. The standard InChI is InChI=1S/C38H55NO8/c1-4-5-9-16-35(43)39(22-11-8-6-7-10-15-33(42)30-14-12-13-27(2)24-30)23-21-31(41)25-29-17-19-32(20-18-29)46-38-28(3)36(44)37(45)34(26-40)47-38/h12-14,17-20,24,28,34,36-38,40,44-45H,4-11,15-16,21-23,25-26H2,1-3H3/i12D,13D,14D,24D. The normalized spacial score (nSPS) is 22.1. The number of unbranched alkanes of at least 4 members (excludes halogenated alkanes) is 6. The Morgan fingerprint density at radius 2 is 1.62 bits per heavy atom. The summed E-state index contributed by atoms with van der Waals surface area (Å²) in [6.45, 7) is 5.72. The number of rotatable bonds is 21. The van der Waals surface area contributed by atoms with Gasteiger partial charge >= 0.3 is 0 Å². The Hall–Kier alpha value is -3.11. The molecule has 9 nitrogen and oxygen atoms in total. The van der Waals surface area contributed by atoms with Gasteiger partial charge in [-0.3, -0.25) is 14.4 Å². The number of aliphatic hydroxyl groups is 3. The van der Waals surface area contributed by atoms with Crippen molar-refractivity contribution in [3.63, 3.8) is 0 Å². The summed E-state index contributed by atoms with van der Waals surface area (Å²) >= 11 is 0. The average Bonchev–Trinajstić information content (AvgIpc) is 3.11. The fourth-order valence-corrected chi connectivity index (χ4v) is 5.62. The molecule has 1 saturated heterocycles. The van der Waals surface area contributed by atoms with E-state index in [4.69, 9.17) is 15.0 Å². The average molecular weight is 658 g/mol. The minimum atomic E-state index is -1.21. The lowest BCUT2D eigenvalue weighted by Gasteiger charge is -2.40. The van der Waals surface area contributed by atoms with Crippen LogP contribution in [0, 0.1) is 12.8 Å². The van der Waals surface area contributed by atoms with Gasteiger partial charge in [0, 0.05) is 50.3 Å². The lowest BCUT2D eigenvalue weighted by molar-refractivity contribution is -0.256. The third kappa shape index (κ3) is 12.8. The third-order valence-corrected chi connectivity index (χ3v) is 8.63. The van der Waals surface area contributed by atoms with Crippen molar-refractivity contribution in [3.8, 4) is 5.75 Å². The second kappa shape index (κ2) is 20.3. The van der Waals surface area contributed by atoms with Crippen molar-refractivity contribution in [2.45, 2.75) is 122 Å². The van der Waals surface area contributed by atoms with Gasteiger partial charge in [-0.2, -0.15) is 0 Å². The summed E-state index contributed by atoms with van der Waals surface area (Å²) in [5.74, 6) is -0.374. The highest BCUT2D eigenvalue weighted by atomic mass is 16.7. The summed E-state index contributed by atoms with van der Waals surface area (Å²) in [6.07, 6.45) is 3.47. The van der Waals surface area contributed by atoms with E-state index >= 15 is 0 Å². The Labute approximate surface area is 285 Å². The van der Waals surface area contributed by atoms with E-state index in [-0.39, 0.29) is 72.0 Å². The van der Waals surface area contributed by atoms with Gasteiger partial charge in [-0.1, -0.05) is 81.8 Å². The number of ether oxygens (including phenoxy) is 2. The maximum absolute atomic E-state index is 13.0. The van der Waals surface area contributed by atoms with Crippen LogP contribution in [0.15, 0.2) is 48.4 Å². The first-order valence-electron chi connectivity index (χ1n) is 19.1. The number of hydrogen-bond acceptors (Lipinski definition) is 8. The number of Topliss-reactive ketones (excluding diaryl/α,β-unsaturated/α-hetero) is 2. The van der Waals surface area contributed by atoms with Crippen molar-refractivity contribution in [1.29, 1.82) is 0 Å². The van der Waals surface area contributed by atoms with Gasteiger partial charge in [0.1, 0.15) is 23.7 Å². The predicted molar refractivity (Wildman–Crippen MR) is 181 cm³/mol. The summed E-state index contributed by atoms with van der Waals surface area (Å²) in [7, 11) is 0. The molecular formula is C38H55NO8. The van der Waals surface area contributed by atoms with Crippen molar-refractivity contribution in [2.24, 2.45) is 5.92 Å². The van der Waals surface area contributed by atoms with E-state index in [1.165, 1.54) is 6.92 Å². The molecule has 3 N–H and O–H groups in total. The summed E-state index contributed by atoms with van der Waals surface area (Å²) in [4.78, 5) is 40.5. The van der Waals surface area contributed by atoms with Gasteiger partial charge in [-0.15, -0.1) is 0 Å². The molecule has 0 bridgehead atoms. The minimum absolute atomic E-state index is 0.00333. The number of amides is 1. The van der Waals surface area contributed by atoms with Crippen LogP contribution in [-0.4, -0.2) is 82.0 Å². The van der Waals surface area contributed by atoms with Crippen LogP contribution in [0.25, 0.3) is 0 Å². The van der Waals surface area contributed by atoms with Crippen LogP contribution in [-0.2, 0) is 20.7 Å². The van der Waals surface area contributed by atoms with E-state index in [2.05, 4.69) is 6.92 Å². The highest BCUT2D eigenvalue weighted by Gasteiger charge is 2.43. The number of carbonyl (C=O) groups excluding carboxylic acids is 3. The number of hydrogen-bond donors (Lipinski definition) is 3. The van der Waals surface area contributed by atoms with E-state index in [0.29, 0.717) is 31.7 Å². The zero-order chi connectivity index (χ0) is 37.7. The molecule has 3 rings (SSSR count). The van der Waals surface area contributed by atoms with E-state index in [1.54, 1.807) is 36.1 Å². The number of ketones is 2. The third-order valence-electron chi connectivity index (χ3n) is 8.63. The van der Waals surface area contributed by atoms with Gasteiger partial charge in [0.25, 0.3) is 0 Å². The number of carbonyl (C=O) groups is 3. The lowest BCUT2D eigenvalue weighted by atomic mass is 9.92. The molecule has 2 aromatic carbocycles. The quantitative estimate of drug-likeness (QED) is 0.117. The maximum Gasteiger partial charge on any atom is 0.222 e. The topological polar surface area (TPSA) is 134 Å². The second-order valence-electron chi connectivity index (χ2n) is 12.6. The van der Waals surface area contributed by atoms with Crippen LogP contribution in [0.4, 0.5) is 0 Å². The molecule has 2 aromatic rings. The van der Waals surface area contributed by atoms with E-state index in [1.807, 2.05) is 0 Å². The molecule has 9 heteroatoms. The van der Waals surface area contributed by atoms with Gasteiger partial charge in [0.05, 0.1) is 18.2 Å². The van der Waals surface area contributed by atoms with Crippen LogP contribution in [0.2, 0.25) is 0 Å². The second-order valence-corrected chi connectivity index (χ2v) is 12.6. The Kier molecular flexibility index (Phi) is 14.0. The Morgan fingerprint density at radius 1 is 0.915 bits per heavy atom. The largest absolute Gasteiger partial charge is 0.465 e. The highest BCUT2D eigenvalue weighted by Crippen LogP contribution is 2.28. The van der Waals surface area contributed by atoms with Crippen molar-refractivity contribution >= 4 is 17.5 Å². The molecule has 0 radical (unpaired) electrons. The predicted octanol–water partition coefficient (Wildman–Crippen LogP) is 5.58. The SMILES string of the molecule is [2H]c1c([2H])c(C)c([2H])c(C(=O)CCCCCCCN(CCC(=O)Cc2ccc(OC3OC(CO)C(O)C(O)C3C)cc2)C(=O)CCCCC)c1[2H]. The summed E-state index contributed by atoms with van der Waals surface area (Å²) in [6, 6.07) is 5.94. The highest BCUT2D eigenvalue weighted by molar-refractivity contribution is 5.96. The molecule has 1 amide bonds. The molecule has 5 atom stereocenters. The molecule has 0 spiro atoms. The number of aliphatic hydroxyl groups excluding tert-OH is 3. The van der Waals surface area contributed by atoms with E-state index in [9.17, 15) is 29.7 Å². The molecule has 260 valence electrons. The van der Waals surface area contributed by atoms with E-state index < -0.39 is 37.1 Å². The van der Waals surface area contributed by atoms with Crippen molar-refractivity contribution < 1.29 is 44.7 Å². The summed E-state index contributed by atoms with van der Waals surface area (Å²) in [5.41, 5.74) is 0.945. The number of benzene rings is 2. The first-order valence-corrected chi connectivity index (χ1v) is 17.1. The zero-order valence-corrected chi connectivity index (χ0v) is 28.1. The summed E-state index contributed by atoms with van der Waals surface area (Å²) < 4.78 is 43.5.